The van der Waals surface area contributed by atoms with E-state index < -0.39 is 11.1 Å². The van der Waals surface area contributed by atoms with Gasteiger partial charge in [0, 0.05) is 0 Å². The lowest BCUT2D eigenvalue weighted by Gasteiger charge is -2.31. The summed E-state index contributed by atoms with van der Waals surface area (Å²) in [6.45, 7) is 5.56. The second-order valence-electron chi connectivity index (χ2n) is 5.58. The maximum absolute atomic E-state index is 12.4. The first-order valence-corrected chi connectivity index (χ1v) is 7.76. The fraction of sp³-hybridized carbons (Fsp3) is 0.533. The fourth-order valence-electron chi connectivity index (χ4n) is 1.73. The van der Waals surface area contributed by atoms with Crippen LogP contribution in [0.15, 0.2) is 30.3 Å². The highest BCUT2D eigenvalue weighted by atomic mass is 32.2. The van der Waals surface area contributed by atoms with Gasteiger partial charge in [-0.2, -0.15) is 11.8 Å². The zero-order valence-corrected chi connectivity index (χ0v) is 12.9. The Morgan fingerprint density at radius 3 is 2.32 bits per heavy atom. The van der Waals surface area contributed by atoms with Crippen LogP contribution in [0.5, 0.6) is 0 Å². The van der Waals surface area contributed by atoms with Crippen molar-refractivity contribution in [3.63, 3.8) is 0 Å². The number of benzene rings is 1. The maximum Gasteiger partial charge on any atom is 0.331 e. The van der Waals surface area contributed by atoms with Crippen LogP contribution >= 0.6 is 11.8 Å². The van der Waals surface area contributed by atoms with E-state index in [1.807, 2.05) is 57.4 Å². The predicted molar refractivity (Wildman–Crippen MR) is 81.2 cm³/mol. The number of thioether (sulfide) groups is 1. The Morgan fingerprint density at radius 2 is 1.84 bits per heavy atom. The lowest BCUT2D eigenvalue weighted by molar-refractivity contribution is -0.162. The van der Waals surface area contributed by atoms with E-state index in [0.29, 0.717) is 6.42 Å². The molecule has 0 unspecified atom stereocenters. The van der Waals surface area contributed by atoms with E-state index in [9.17, 15) is 4.79 Å². The molecule has 4 heteroatoms. The van der Waals surface area contributed by atoms with Crippen molar-refractivity contribution in [3.05, 3.63) is 35.9 Å². The van der Waals surface area contributed by atoms with Crippen LogP contribution in [0, 0.1) is 0 Å². The van der Waals surface area contributed by atoms with Crippen molar-refractivity contribution >= 4 is 17.7 Å². The van der Waals surface area contributed by atoms with Crippen molar-refractivity contribution in [1.82, 2.24) is 0 Å². The Hall–Kier alpha value is -1.00. The van der Waals surface area contributed by atoms with Crippen molar-refractivity contribution in [3.8, 4) is 0 Å². The zero-order chi connectivity index (χ0) is 14.5. The molecule has 0 radical (unpaired) electrons. The first kappa shape index (κ1) is 16.1. The minimum atomic E-state index is -1.07. The van der Waals surface area contributed by atoms with E-state index in [0.717, 1.165) is 11.3 Å². The van der Waals surface area contributed by atoms with Crippen LogP contribution < -0.4 is 5.73 Å². The van der Waals surface area contributed by atoms with Gasteiger partial charge in [0.15, 0.2) is 0 Å². The highest BCUT2D eigenvalue weighted by molar-refractivity contribution is 7.98. The molecule has 0 fully saturated rings. The molecule has 0 saturated carbocycles. The molecule has 1 rings (SSSR count). The summed E-state index contributed by atoms with van der Waals surface area (Å²) >= 11 is 1.67. The molecule has 0 aliphatic carbocycles. The monoisotopic (exact) mass is 281 g/mol. The molecule has 0 aliphatic rings. The molecule has 0 aliphatic heterocycles. The highest BCUT2D eigenvalue weighted by Gasteiger charge is 2.39. The third kappa shape index (κ3) is 4.55. The van der Waals surface area contributed by atoms with Gasteiger partial charge in [-0.15, -0.1) is 0 Å². The largest absolute Gasteiger partial charge is 0.458 e. The molecule has 19 heavy (non-hydrogen) atoms. The van der Waals surface area contributed by atoms with Crippen LogP contribution in [-0.2, 0) is 15.1 Å². The SMILES string of the molecule is CSCC[C@@](N)(C(=O)OC(C)(C)C)c1ccccc1. The van der Waals surface area contributed by atoms with Crippen molar-refractivity contribution in [1.29, 1.82) is 0 Å². The second-order valence-corrected chi connectivity index (χ2v) is 6.57. The van der Waals surface area contributed by atoms with E-state index in [4.69, 9.17) is 10.5 Å². The summed E-state index contributed by atoms with van der Waals surface area (Å²) in [5.41, 5.74) is 5.57. The molecule has 0 bridgehead atoms. The molecule has 1 atom stereocenters. The third-order valence-electron chi connectivity index (χ3n) is 2.75. The van der Waals surface area contributed by atoms with Crippen LogP contribution in [0.4, 0.5) is 0 Å². The normalized spacial score (nSPS) is 14.8. The summed E-state index contributed by atoms with van der Waals surface area (Å²) in [5, 5.41) is 0. The summed E-state index contributed by atoms with van der Waals surface area (Å²) in [6, 6.07) is 9.45. The summed E-state index contributed by atoms with van der Waals surface area (Å²) in [4.78, 5) is 12.4. The van der Waals surface area contributed by atoms with Gasteiger partial charge in [0.05, 0.1) is 0 Å². The summed E-state index contributed by atoms with van der Waals surface area (Å²) in [7, 11) is 0. The van der Waals surface area contributed by atoms with Crippen LogP contribution in [0.2, 0.25) is 0 Å². The van der Waals surface area contributed by atoms with Crippen LogP contribution in [0.3, 0.4) is 0 Å². The van der Waals surface area contributed by atoms with E-state index >= 15 is 0 Å². The van der Waals surface area contributed by atoms with Crippen LogP contribution in [0.25, 0.3) is 0 Å². The van der Waals surface area contributed by atoms with Crippen molar-refractivity contribution in [2.45, 2.75) is 38.3 Å². The van der Waals surface area contributed by atoms with Gasteiger partial charge in [0.1, 0.15) is 11.1 Å². The standard InChI is InChI=1S/C15H23NO2S/c1-14(2,3)18-13(17)15(16,10-11-19-4)12-8-6-5-7-9-12/h5-9H,10-11,16H2,1-4H3/t15-/m0/s1. The van der Waals surface area contributed by atoms with Crippen LogP contribution in [-0.4, -0.2) is 23.6 Å². The molecule has 3 nitrogen and oxygen atoms in total. The molecule has 0 amide bonds. The van der Waals surface area contributed by atoms with E-state index in [1.54, 1.807) is 11.8 Å². The number of nitrogens with two attached hydrogens (primary N) is 1. The van der Waals surface area contributed by atoms with Crippen LogP contribution in [0.1, 0.15) is 32.8 Å². The minimum Gasteiger partial charge on any atom is -0.458 e. The topological polar surface area (TPSA) is 52.3 Å². The second kappa shape index (κ2) is 6.44. The molecule has 106 valence electrons. The first-order chi connectivity index (χ1) is 8.79. The Morgan fingerprint density at radius 1 is 1.26 bits per heavy atom. The zero-order valence-electron chi connectivity index (χ0n) is 12.1. The van der Waals surface area contributed by atoms with Gasteiger partial charge < -0.3 is 10.5 Å². The van der Waals surface area contributed by atoms with Gasteiger partial charge in [-0.3, -0.25) is 0 Å². The molecule has 0 spiro atoms. The summed E-state index contributed by atoms with van der Waals surface area (Å²) in [5.74, 6) is 0.449. The van der Waals surface area contributed by atoms with E-state index in [-0.39, 0.29) is 5.97 Å². The predicted octanol–water partition coefficient (Wildman–Crippen LogP) is 2.94. The lowest BCUT2D eigenvalue weighted by Crippen LogP contribution is -2.48. The Labute approximate surface area is 119 Å². The van der Waals surface area contributed by atoms with Crippen molar-refractivity contribution in [2.24, 2.45) is 5.73 Å². The smallest absolute Gasteiger partial charge is 0.331 e. The number of hydrogen-bond donors (Lipinski definition) is 1. The average Bonchev–Trinajstić information content (AvgIpc) is 2.35. The number of carbonyl (C=O) groups excluding carboxylic acids is 1. The van der Waals surface area contributed by atoms with Gasteiger partial charge in [0.2, 0.25) is 0 Å². The lowest BCUT2D eigenvalue weighted by atomic mass is 9.88. The quantitative estimate of drug-likeness (QED) is 0.843. The molecule has 0 saturated heterocycles. The van der Waals surface area contributed by atoms with Gasteiger partial charge in [-0.25, -0.2) is 4.79 Å². The number of ether oxygens (including phenoxy) is 1. The molecular weight excluding hydrogens is 258 g/mol. The summed E-state index contributed by atoms with van der Waals surface area (Å²) < 4.78 is 5.48. The number of esters is 1. The first-order valence-electron chi connectivity index (χ1n) is 6.36. The van der Waals surface area contributed by atoms with E-state index in [2.05, 4.69) is 0 Å². The van der Waals surface area contributed by atoms with Gasteiger partial charge in [-0.05, 0) is 44.8 Å². The average molecular weight is 281 g/mol. The molecule has 0 heterocycles. The number of carbonyl (C=O) groups is 1. The minimum absolute atomic E-state index is 0.361. The number of hydrogen-bond acceptors (Lipinski definition) is 4. The highest BCUT2D eigenvalue weighted by Crippen LogP contribution is 2.27. The Kier molecular flexibility index (Phi) is 5.44. The fourth-order valence-corrected chi connectivity index (χ4v) is 2.26. The molecule has 1 aromatic carbocycles. The molecule has 0 aromatic heterocycles. The molecule has 1 aromatic rings. The Bertz CT molecular complexity index is 414. The van der Waals surface area contributed by atoms with Gasteiger partial charge >= 0.3 is 5.97 Å². The third-order valence-corrected chi connectivity index (χ3v) is 3.36. The van der Waals surface area contributed by atoms with Crippen molar-refractivity contribution in [2.75, 3.05) is 12.0 Å². The van der Waals surface area contributed by atoms with E-state index in [1.165, 1.54) is 0 Å². The number of rotatable bonds is 5. The van der Waals surface area contributed by atoms with Gasteiger partial charge in [-0.1, -0.05) is 30.3 Å². The van der Waals surface area contributed by atoms with Gasteiger partial charge in [0.25, 0.3) is 0 Å². The Balaban J connectivity index is 3.03. The van der Waals surface area contributed by atoms with Crippen molar-refractivity contribution < 1.29 is 9.53 Å². The summed E-state index contributed by atoms with van der Waals surface area (Å²) in [6.07, 6.45) is 2.56. The molecule has 2 N–H and O–H groups in total. The molecular formula is C15H23NO2S. The maximum atomic E-state index is 12.4.